The summed E-state index contributed by atoms with van der Waals surface area (Å²) < 4.78 is 71.8. The number of sulfonamides is 1. The number of aromatic amines is 1. The summed E-state index contributed by atoms with van der Waals surface area (Å²) >= 11 is 0. The Hall–Kier alpha value is -6.06. The van der Waals surface area contributed by atoms with Crippen molar-refractivity contribution in [1.82, 2.24) is 19.6 Å². The third kappa shape index (κ3) is 8.54. The van der Waals surface area contributed by atoms with Gasteiger partial charge in [0.2, 0.25) is 5.88 Å². The Balaban J connectivity index is 0.852. The van der Waals surface area contributed by atoms with Crippen LogP contribution in [0.5, 0.6) is 11.6 Å². The summed E-state index contributed by atoms with van der Waals surface area (Å²) in [5, 5.41) is 26.8. The highest BCUT2D eigenvalue weighted by Gasteiger charge is 2.62. The summed E-state index contributed by atoms with van der Waals surface area (Å²) in [6.07, 6.45) is 5.28. The number of nitro groups is 1. The number of carbonyl (C=O) groups is 1. The molecule has 7 heterocycles. The van der Waals surface area contributed by atoms with Gasteiger partial charge in [0.1, 0.15) is 29.7 Å². The smallest absolute Gasteiger partial charge is 0.297 e. The quantitative estimate of drug-likeness (QED) is 0.0808. The first kappa shape index (κ1) is 49.8. The highest BCUT2D eigenvalue weighted by atomic mass is 32.2. The van der Waals surface area contributed by atoms with Gasteiger partial charge in [-0.3, -0.25) is 19.8 Å². The van der Waals surface area contributed by atoms with Crippen molar-refractivity contribution in [3.63, 3.8) is 0 Å². The fraction of sp³-hybridized carbons (Fsp3) is 0.527. The molecule has 398 valence electrons. The van der Waals surface area contributed by atoms with Crippen LogP contribution in [0.25, 0.3) is 11.0 Å². The normalized spacial score (nSPS) is 29.2. The van der Waals surface area contributed by atoms with E-state index >= 15 is 4.39 Å². The average molecular weight is 1050 g/mol. The molecule has 1 amide bonds. The third-order valence-electron chi connectivity index (χ3n) is 18.4. The van der Waals surface area contributed by atoms with Crippen molar-refractivity contribution >= 4 is 55.4 Å². The maximum absolute atomic E-state index is 16.3. The Bertz CT molecular complexity index is 3190. The maximum atomic E-state index is 16.3. The number of halogens is 1. The molecule has 5 aromatic rings. The number of hydrogen-bond acceptors (Lipinski definition) is 15. The summed E-state index contributed by atoms with van der Waals surface area (Å²) in [5.41, 5.74) is 1.66. The monoisotopic (exact) mass is 1050 g/mol. The molecule has 2 saturated carbocycles. The lowest BCUT2D eigenvalue weighted by atomic mass is 9.44. The molecule has 5 aliphatic heterocycles. The minimum Gasteiger partial charge on any atom is -0.489 e. The highest BCUT2D eigenvalue weighted by molar-refractivity contribution is 7.90. The van der Waals surface area contributed by atoms with Crippen LogP contribution in [0.15, 0.2) is 77.8 Å². The number of nitrogens with one attached hydrogen (secondary N) is 3. The second-order valence-electron chi connectivity index (χ2n) is 22.8. The third-order valence-corrected chi connectivity index (χ3v) is 19.7. The molecule has 0 bridgehead atoms. The number of amides is 1. The standard InChI is InChI=1S/C55H65FN8O10S/c1-33-7-5-6-8-37(33)43-30-72-24-22-62(43)47-29-54(52(47,2)3)17-20-61(21-18-54)35-9-10-38(40(26-35)63-39-12-23-71-31-45(39)74-51-42(63)25-34-11-19-57-49(34)59-51)50(65)60-75(69,70)36-27-41(64(67)68)48-44(28-36)73-32-46(58-48)55(56)15-13-53(4,66)14-16-55/h5-11,19,25-28,39,43,45-47,58,66H,12-18,20-24,29-32H2,1-4H3,(H,57,59)(H,60,65)/t39-,43-,45-,46+,47+,53?,55?/m0/s1. The van der Waals surface area contributed by atoms with Gasteiger partial charge >= 0.3 is 0 Å². The van der Waals surface area contributed by atoms with Crippen LogP contribution in [-0.4, -0.2) is 127 Å². The number of H-pyrrole nitrogens is 1. The Morgan fingerprint density at radius 1 is 0.933 bits per heavy atom. The number of pyridine rings is 1. The number of nitro benzene ring substituents is 1. The van der Waals surface area contributed by atoms with Crippen molar-refractivity contribution in [1.29, 1.82) is 0 Å². The van der Waals surface area contributed by atoms with Crippen molar-refractivity contribution in [2.45, 2.75) is 125 Å². The zero-order valence-electron chi connectivity index (χ0n) is 42.8. The number of fused-ring (bicyclic) bond motifs is 4. The van der Waals surface area contributed by atoms with Crippen molar-refractivity contribution in [3.05, 3.63) is 99.7 Å². The van der Waals surface area contributed by atoms with Crippen LogP contribution in [0.1, 0.15) is 99.7 Å². The number of carbonyl (C=O) groups excluding carboxylic acids is 1. The SMILES string of the molecule is Cc1ccccc1[C@@H]1COCCN1[C@@H]1CC2(CCN(c3ccc(C(=O)NS(=O)(=O)c4cc5c(c([N+](=O)[O-])c4)N[C@@H](C4(F)CCC(C)(O)CC4)CO5)c(N4c5cc6cc[nH]c6nc5O[C@H]5COCC[C@@H]54)c3)CC2)C1(C)C. The molecule has 75 heavy (non-hydrogen) atoms. The van der Waals surface area contributed by atoms with Gasteiger partial charge in [0.15, 0.2) is 11.4 Å². The first-order valence-electron chi connectivity index (χ1n) is 26.3. The number of anilines is 4. The minimum absolute atomic E-state index is 0.00696. The second kappa shape index (κ2) is 18.3. The largest absolute Gasteiger partial charge is 0.489 e. The van der Waals surface area contributed by atoms with Gasteiger partial charge in [0.25, 0.3) is 21.6 Å². The van der Waals surface area contributed by atoms with E-state index < -0.39 is 54.9 Å². The van der Waals surface area contributed by atoms with E-state index in [0.717, 1.165) is 62.1 Å². The highest BCUT2D eigenvalue weighted by Crippen LogP contribution is 2.64. The van der Waals surface area contributed by atoms with E-state index in [1.54, 1.807) is 19.2 Å². The Morgan fingerprint density at radius 2 is 1.71 bits per heavy atom. The van der Waals surface area contributed by atoms with Crippen LogP contribution < -0.4 is 29.3 Å². The molecule has 2 aliphatic carbocycles. The van der Waals surface area contributed by atoms with Crippen LogP contribution in [0.2, 0.25) is 0 Å². The zero-order chi connectivity index (χ0) is 52.2. The number of nitrogens with zero attached hydrogens (tertiary/aromatic N) is 5. The van der Waals surface area contributed by atoms with Crippen LogP contribution >= 0.6 is 0 Å². The molecule has 0 unspecified atom stereocenters. The molecular weight excluding hydrogens is 984 g/mol. The number of aliphatic hydroxyl groups is 1. The van der Waals surface area contributed by atoms with E-state index in [1.807, 2.05) is 29.2 Å². The van der Waals surface area contributed by atoms with Gasteiger partial charge in [-0.15, -0.1) is 0 Å². The van der Waals surface area contributed by atoms with E-state index in [-0.39, 0.29) is 78.8 Å². The number of rotatable bonds is 9. The number of aryl methyl sites for hydroxylation is 1. The van der Waals surface area contributed by atoms with E-state index in [9.17, 15) is 28.4 Å². The number of morpholine rings is 1. The van der Waals surface area contributed by atoms with E-state index in [2.05, 4.69) is 69.9 Å². The number of ether oxygens (including phenoxy) is 4. The molecule has 5 fully saturated rings. The van der Waals surface area contributed by atoms with Crippen LogP contribution in [-0.2, 0) is 19.5 Å². The number of hydrogen-bond donors (Lipinski definition) is 4. The maximum Gasteiger partial charge on any atom is 0.297 e. The second-order valence-corrected chi connectivity index (χ2v) is 24.5. The Labute approximate surface area is 435 Å². The molecule has 20 heteroatoms. The summed E-state index contributed by atoms with van der Waals surface area (Å²) in [5.74, 6) is -0.790. The van der Waals surface area contributed by atoms with Crippen LogP contribution in [0, 0.1) is 27.9 Å². The van der Waals surface area contributed by atoms with Gasteiger partial charge in [0, 0.05) is 61.7 Å². The fourth-order valence-corrected chi connectivity index (χ4v) is 14.6. The topological polar surface area (TPSA) is 214 Å². The average Bonchev–Trinajstić information content (AvgIpc) is 3.87. The van der Waals surface area contributed by atoms with Crippen molar-refractivity contribution in [2.24, 2.45) is 10.8 Å². The van der Waals surface area contributed by atoms with Crippen LogP contribution in [0.3, 0.4) is 0 Å². The molecule has 18 nitrogen and oxygen atoms in total. The molecule has 5 atom stereocenters. The molecule has 3 aromatic carbocycles. The van der Waals surface area contributed by atoms with Gasteiger partial charge in [0.05, 0.1) is 64.6 Å². The van der Waals surface area contributed by atoms with E-state index in [0.29, 0.717) is 55.2 Å². The molecule has 3 saturated heterocycles. The van der Waals surface area contributed by atoms with Crippen molar-refractivity contribution in [3.8, 4) is 11.6 Å². The molecular formula is C55H65FN8O10S. The fourth-order valence-electron chi connectivity index (χ4n) is 13.6. The number of benzene rings is 3. The molecule has 0 radical (unpaired) electrons. The molecule has 7 aliphatic rings. The summed E-state index contributed by atoms with van der Waals surface area (Å²) in [7, 11) is -4.81. The molecule has 12 rings (SSSR count). The Morgan fingerprint density at radius 3 is 2.47 bits per heavy atom. The lowest BCUT2D eigenvalue weighted by Gasteiger charge is -2.68. The first-order valence-corrected chi connectivity index (χ1v) is 27.8. The van der Waals surface area contributed by atoms with Gasteiger partial charge < -0.3 is 44.2 Å². The predicted octanol–water partition coefficient (Wildman–Crippen LogP) is 8.25. The minimum atomic E-state index is -4.81. The number of alkyl halides is 1. The van der Waals surface area contributed by atoms with Gasteiger partial charge in [-0.2, -0.15) is 4.98 Å². The lowest BCUT2D eigenvalue weighted by molar-refractivity contribution is -0.384. The number of aromatic nitrogens is 2. The van der Waals surface area contributed by atoms with E-state index in [4.69, 9.17) is 23.9 Å². The molecule has 2 aromatic heterocycles. The predicted molar refractivity (Wildman–Crippen MR) is 279 cm³/mol. The summed E-state index contributed by atoms with van der Waals surface area (Å²) in [4.78, 5) is 41.2. The zero-order valence-corrected chi connectivity index (χ0v) is 43.6. The lowest BCUT2D eigenvalue weighted by Crippen LogP contribution is -2.68. The summed E-state index contributed by atoms with van der Waals surface area (Å²) in [6.45, 7) is 13.0. The van der Waals surface area contributed by atoms with E-state index in [1.165, 1.54) is 11.1 Å². The first-order chi connectivity index (χ1) is 35.8. The molecule has 1 spiro atoms. The Kier molecular flexibility index (Phi) is 12.2. The number of piperidine rings is 1. The van der Waals surface area contributed by atoms with Crippen LogP contribution in [0.4, 0.5) is 32.8 Å². The van der Waals surface area contributed by atoms with Gasteiger partial charge in [-0.05, 0) is 118 Å². The van der Waals surface area contributed by atoms with Crippen molar-refractivity contribution < 1.29 is 46.6 Å². The van der Waals surface area contributed by atoms with Gasteiger partial charge in [-0.25, -0.2) is 17.5 Å². The van der Waals surface area contributed by atoms with Crippen molar-refractivity contribution in [2.75, 3.05) is 67.8 Å². The van der Waals surface area contributed by atoms with Gasteiger partial charge in [-0.1, -0.05) is 38.1 Å². The molecule has 4 N–H and O–H groups in total. The summed E-state index contributed by atoms with van der Waals surface area (Å²) in [6, 6.07) is 19.2.